The molecule has 1 aliphatic heterocycles. The third-order valence-electron chi connectivity index (χ3n) is 4.71. The number of likely N-dealkylation sites (tertiary alicyclic amines) is 1. The van der Waals surface area contributed by atoms with Gasteiger partial charge in [-0.2, -0.15) is 4.37 Å². The van der Waals surface area contributed by atoms with E-state index in [9.17, 15) is 14.9 Å². The van der Waals surface area contributed by atoms with E-state index in [0.717, 1.165) is 28.4 Å². The molecule has 0 bridgehead atoms. The highest BCUT2D eigenvalue weighted by Gasteiger charge is 2.28. The van der Waals surface area contributed by atoms with Gasteiger partial charge in [0, 0.05) is 42.1 Å². The van der Waals surface area contributed by atoms with Crippen molar-refractivity contribution in [2.45, 2.75) is 18.8 Å². The topological polar surface area (TPSA) is 89.2 Å². The highest BCUT2D eigenvalue weighted by Crippen LogP contribution is 2.39. The smallest absolute Gasteiger partial charge is 0.270 e. The Morgan fingerprint density at radius 3 is 2.90 bits per heavy atom. The minimum atomic E-state index is -0.496. The summed E-state index contributed by atoms with van der Waals surface area (Å²) in [6, 6.07) is 5.84. The van der Waals surface area contributed by atoms with E-state index in [2.05, 4.69) is 4.37 Å². The molecule has 2 aromatic heterocycles. The predicted octanol–water partition coefficient (Wildman–Crippen LogP) is 5.50. The molecule has 3 aromatic rings. The van der Waals surface area contributed by atoms with Crippen LogP contribution in [0.5, 0.6) is 0 Å². The summed E-state index contributed by atoms with van der Waals surface area (Å²) in [5.41, 5.74) is 0.973. The summed E-state index contributed by atoms with van der Waals surface area (Å²) in [4.78, 5) is 30.5. The lowest BCUT2D eigenvalue weighted by Crippen LogP contribution is -2.39. The van der Waals surface area contributed by atoms with Crippen LogP contribution in [-0.2, 0) is 0 Å². The second kappa shape index (κ2) is 8.35. The number of aromatic nitrogens is 2. The number of rotatable bonds is 4. The molecule has 4 rings (SSSR count). The Balaban J connectivity index is 1.52. The monoisotopic (exact) mass is 468 g/mol. The highest BCUT2D eigenvalue weighted by molar-refractivity contribution is 7.12. The van der Waals surface area contributed by atoms with E-state index >= 15 is 0 Å². The van der Waals surface area contributed by atoms with Crippen LogP contribution in [0.4, 0.5) is 5.69 Å². The molecule has 1 amide bonds. The Hall–Kier alpha value is -2.07. The third kappa shape index (κ3) is 4.13. The van der Waals surface area contributed by atoms with Crippen molar-refractivity contribution in [3.05, 3.63) is 60.5 Å². The number of nitro benzene ring substituents is 1. The van der Waals surface area contributed by atoms with E-state index < -0.39 is 4.92 Å². The van der Waals surface area contributed by atoms with E-state index in [0.29, 0.717) is 23.7 Å². The number of thiazole rings is 1. The largest absolute Gasteiger partial charge is 0.338 e. The van der Waals surface area contributed by atoms with E-state index in [4.69, 9.17) is 28.2 Å². The zero-order valence-corrected chi connectivity index (χ0v) is 18.0. The van der Waals surface area contributed by atoms with Crippen molar-refractivity contribution in [3.8, 4) is 10.6 Å². The van der Waals surface area contributed by atoms with Gasteiger partial charge in [-0.3, -0.25) is 14.9 Å². The zero-order chi connectivity index (χ0) is 20.5. The Bertz CT molecular complexity index is 1080. The first-order valence-electron chi connectivity index (χ1n) is 8.74. The van der Waals surface area contributed by atoms with Crippen LogP contribution >= 0.6 is 46.1 Å². The standard InChI is InChI=1S/C18H14Cl2N4O3S2/c19-14-15(29-22-16(14)20)13-9-28-17(21-13)11-4-2-6-23(8-11)18(25)10-3-1-5-12(7-10)24(26)27/h1,3,5,7,9,11H,2,4,6,8H2. The fourth-order valence-corrected chi connectivity index (χ4v) is 5.49. The lowest BCUT2D eigenvalue weighted by atomic mass is 9.98. The third-order valence-corrected chi connectivity index (χ3v) is 7.54. The summed E-state index contributed by atoms with van der Waals surface area (Å²) in [6.07, 6.45) is 1.76. The summed E-state index contributed by atoms with van der Waals surface area (Å²) in [5.74, 6) is -0.0974. The van der Waals surface area contributed by atoms with E-state index in [-0.39, 0.29) is 22.7 Å². The van der Waals surface area contributed by atoms with Gasteiger partial charge in [0.25, 0.3) is 11.6 Å². The summed E-state index contributed by atoms with van der Waals surface area (Å²) >= 11 is 14.8. The highest BCUT2D eigenvalue weighted by atomic mass is 35.5. The number of amides is 1. The molecule has 150 valence electrons. The molecule has 1 fully saturated rings. The second-order valence-corrected chi connectivity index (χ2v) is 8.98. The van der Waals surface area contributed by atoms with Gasteiger partial charge in [0.05, 0.1) is 25.5 Å². The van der Waals surface area contributed by atoms with Crippen LogP contribution in [0.3, 0.4) is 0 Å². The minimum absolute atomic E-state index is 0.0888. The van der Waals surface area contributed by atoms with Crippen molar-refractivity contribution in [2.24, 2.45) is 0 Å². The van der Waals surface area contributed by atoms with Crippen LogP contribution < -0.4 is 0 Å². The molecule has 0 aliphatic carbocycles. The van der Waals surface area contributed by atoms with Crippen LogP contribution in [0.25, 0.3) is 10.6 Å². The fourth-order valence-electron chi connectivity index (χ4n) is 3.30. The molecular weight excluding hydrogens is 455 g/mol. The average molecular weight is 469 g/mol. The van der Waals surface area contributed by atoms with E-state index in [1.807, 2.05) is 5.38 Å². The van der Waals surface area contributed by atoms with Gasteiger partial charge in [-0.15, -0.1) is 11.3 Å². The first kappa shape index (κ1) is 20.2. The number of nitrogens with zero attached hydrogens (tertiary/aromatic N) is 4. The van der Waals surface area contributed by atoms with Gasteiger partial charge in [0.15, 0.2) is 5.15 Å². The number of non-ortho nitro benzene ring substituents is 1. The number of benzene rings is 1. The van der Waals surface area contributed by atoms with Crippen molar-refractivity contribution >= 4 is 57.7 Å². The maximum absolute atomic E-state index is 12.9. The normalized spacial score (nSPS) is 16.8. The van der Waals surface area contributed by atoms with Crippen molar-refractivity contribution in [3.63, 3.8) is 0 Å². The maximum atomic E-state index is 12.9. The van der Waals surface area contributed by atoms with Crippen LogP contribution in [0.2, 0.25) is 10.2 Å². The summed E-state index contributed by atoms with van der Waals surface area (Å²) in [6.45, 7) is 1.14. The number of piperidine rings is 1. The minimum Gasteiger partial charge on any atom is -0.338 e. The van der Waals surface area contributed by atoms with Gasteiger partial charge in [-0.25, -0.2) is 4.98 Å². The molecule has 1 saturated heterocycles. The van der Waals surface area contributed by atoms with Gasteiger partial charge in [-0.05, 0) is 30.4 Å². The first-order valence-corrected chi connectivity index (χ1v) is 11.1. The molecule has 1 unspecified atom stereocenters. The molecule has 1 atom stereocenters. The van der Waals surface area contributed by atoms with Gasteiger partial charge in [-0.1, -0.05) is 29.3 Å². The van der Waals surface area contributed by atoms with Gasteiger partial charge >= 0.3 is 0 Å². The zero-order valence-electron chi connectivity index (χ0n) is 14.9. The molecule has 7 nitrogen and oxygen atoms in total. The Morgan fingerprint density at radius 1 is 1.34 bits per heavy atom. The number of hydrogen-bond donors (Lipinski definition) is 0. The molecule has 0 spiro atoms. The SMILES string of the molecule is O=C(c1cccc([N+](=O)[O-])c1)N1CCCC(c2nc(-c3snc(Cl)c3Cl)cs2)C1. The van der Waals surface area contributed by atoms with Crippen LogP contribution in [0, 0.1) is 10.1 Å². The summed E-state index contributed by atoms with van der Waals surface area (Å²) in [7, 11) is 0. The molecule has 1 aliphatic rings. The lowest BCUT2D eigenvalue weighted by molar-refractivity contribution is -0.384. The molecule has 11 heteroatoms. The van der Waals surface area contributed by atoms with Crippen LogP contribution in [0.15, 0.2) is 29.6 Å². The molecule has 3 heterocycles. The molecule has 29 heavy (non-hydrogen) atoms. The van der Waals surface area contributed by atoms with Crippen LogP contribution in [0.1, 0.15) is 34.1 Å². The summed E-state index contributed by atoms with van der Waals surface area (Å²) in [5, 5.41) is 14.5. The second-order valence-electron chi connectivity index (χ2n) is 6.59. The quantitative estimate of drug-likeness (QED) is 0.372. The van der Waals surface area contributed by atoms with Crippen molar-refractivity contribution in [1.82, 2.24) is 14.3 Å². The Morgan fingerprint density at radius 2 is 2.17 bits per heavy atom. The number of hydrogen-bond acceptors (Lipinski definition) is 7. The number of halogens is 2. The Labute approximate surface area is 184 Å². The van der Waals surface area contributed by atoms with Crippen molar-refractivity contribution < 1.29 is 9.72 Å². The molecule has 0 saturated carbocycles. The van der Waals surface area contributed by atoms with Crippen molar-refractivity contribution in [1.29, 1.82) is 0 Å². The average Bonchev–Trinajstić information content (AvgIpc) is 3.35. The maximum Gasteiger partial charge on any atom is 0.270 e. The molecule has 1 aromatic carbocycles. The number of carbonyl (C=O) groups is 1. The first-order chi connectivity index (χ1) is 13.9. The van der Waals surface area contributed by atoms with Gasteiger partial charge in [0.1, 0.15) is 0 Å². The number of carbonyl (C=O) groups excluding carboxylic acids is 1. The lowest BCUT2D eigenvalue weighted by Gasteiger charge is -2.31. The Kier molecular flexibility index (Phi) is 5.82. The van der Waals surface area contributed by atoms with Crippen molar-refractivity contribution in [2.75, 3.05) is 13.1 Å². The predicted molar refractivity (Wildman–Crippen MR) is 114 cm³/mol. The molecular formula is C18H14Cl2N4O3S2. The summed E-state index contributed by atoms with van der Waals surface area (Å²) < 4.78 is 4.04. The van der Waals surface area contributed by atoms with E-state index in [1.165, 1.54) is 41.1 Å². The number of nitro groups is 1. The fraction of sp³-hybridized carbons (Fsp3) is 0.278. The van der Waals surface area contributed by atoms with Gasteiger partial charge in [0.2, 0.25) is 0 Å². The van der Waals surface area contributed by atoms with E-state index in [1.54, 1.807) is 11.0 Å². The molecule has 0 N–H and O–H groups in total. The van der Waals surface area contributed by atoms with Crippen LogP contribution in [-0.4, -0.2) is 38.2 Å². The molecule has 0 radical (unpaired) electrons. The van der Waals surface area contributed by atoms with Gasteiger partial charge < -0.3 is 4.90 Å².